The van der Waals surface area contributed by atoms with E-state index in [1.54, 1.807) is 25.1 Å². The molecule has 0 saturated heterocycles. The van der Waals surface area contributed by atoms with Gasteiger partial charge < -0.3 is 4.98 Å². The van der Waals surface area contributed by atoms with Gasteiger partial charge in [0.25, 0.3) is 5.56 Å². The Morgan fingerprint density at radius 3 is 2.81 bits per heavy atom. The molecule has 0 bridgehead atoms. The van der Waals surface area contributed by atoms with E-state index in [0.717, 1.165) is 31.2 Å². The number of allylic oxidation sites excluding steroid dienone is 1. The molecule has 1 aliphatic carbocycles. The first-order chi connectivity index (χ1) is 15.5. The van der Waals surface area contributed by atoms with Crippen LogP contribution in [0, 0.1) is 24.1 Å². The van der Waals surface area contributed by atoms with Gasteiger partial charge in [-0.1, -0.05) is 11.6 Å². The van der Waals surface area contributed by atoms with Crippen LogP contribution in [0.15, 0.2) is 29.1 Å². The predicted octanol–water partition coefficient (Wildman–Crippen LogP) is 5.21. The third-order valence-corrected chi connectivity index (χ3v) is 7.16. The second-order valence-electron chi connectivity index (χ2n) is 7.65. The Labute approximate surface area is 191 Å². The summed E-state index contributed by atoms with van der Waals surface area (Å²) in [4.78, 5) is 22.1. The molecule has 0 amide bonds. The summed E-state index contributed by atoms with van der Waals surface area (Å²) in [5, 5.41) is 15.2. The number of rotatable bonds is 3. The van der Waals surface area contributed by atoms with Crippen molar-refractivity contribution in [2.24, 2.45) is 0 Å². The van der Waals surface area contributed by atoms with E-state index in [1.165, 1.54) is 33.0 Å². The third kappa shape index (κ3) is 3.44. The normalized spacial score (nSPS) is 13.9. The van der Waals surface area contributed by atoms with E-state index in [-0.39, 0.29) is 27.9 Å². The largest absolute Gasteiger partial charge is 0.305 e. The van der Waals surface area contributed by atoms with E-state index >= 15 is 0 Å². The Bertz CT molecular complexity index is 1490. The highest BCUT2D eigenvalue weighted by Crippen LogP contribution is 2.34. The first kappa shape index (κ1) is 20.6. The Balaban J connectivity index is 1.61. The number of aromatic nitrogens is 4. The number of H-pyrrole nitrogens is 1. The third-order valence-electron chi connectivity index (χ3n) is 5.61. The highest BCUT2D eigenvalue weighted by Gasteiger charge is 2.21. The number of hydrogen-bond donors (Lipinski definition) is 1. The fourth-order valence-electron chi connectivity index (χ4n) is 4.02. The van der Waals surface area contributed by atoms with Crippen LogP contribution < -0.4 is 5.56 Å². The molecule has 32 heavy (non-hydrogen) atoms. The van der Waals surface area contributed by atoms with Crippen molar-refractivity contribution in [3.05, 3.63) is 73.1 Å². The zero-order valence-corrected chi connectivity index (χ0v) is 18.6. The van der Waals surface area contributed by atoms with Gasteiger partial charge in [0.2, 0.25) is 0 Å². The Hall–Kier alpha value is -3.28. The topological polar surface area (TPSA) is 87.4 Å². The van der Waals surface area contributed by atoms with Crippen LogP contribution in [0.4, 0.5) is 4.39 Å². The van der Waals surface area contributed by atoms with Crippen molar-refractivity contribution in [1.82, 2.24) is 19.7 Å². The second-order valence-corrected chi connectivity index (χ2v) is 9.10. The number of nitriles is 1. The summed E-state index contributed by atoms with van der Waals surface area (Å²) in [6.07, 6.45) is 5.60. The van der Waals surface area contributed by atoms with Crippen molar-refractivity contribution >= 4 is 44.8 Å². The summed E-state index contributed by atoms with van der Waals surface area (Å²) in [6.45, 7) is 1.76. The van der Waals surface area contributed by atoms with Crippen LogP contribution >= 0.6 is 22.9 Å². The Kier molecular flexibility index (Phi) is 5.16. The minimum absolute atomic E-state index is 0.180. The summed E-state index contributed by atoms with van der Waals surface area (Å²) in [5.41, 5.74) is 2.76. The smallest absolute Gasteiger partial charge is 0.260 e. The second kappa shape index (κ2) is 8.01. The number of aryl methyl sites for hydroxylation is 3. The molecule has 6 nitrogen and oxygen atoms in total. The number of fused-ring (bicyclic) bond motifs is 3. The molecule has 1 aliphatic rings. The van der Waals surface area contributed by atoms with Crippen LogP contribution in [-0.4, -0.2) is 19.7 Å². The maximum Gasteiger partial charge on any atom is 0.260 e. The molecule has 0 spiro atoms. The number of nitrogens with one attached hydrogen (secondary N) is 1. The first-order valence-electron chi connectivity index (χ1n) is 10.1. The lowest BCUT2D eigenvalue weighted by Crippen LogP contribution is -2.12. The molecule has 160 valence electrons. The molecule has 0 radical (unpaired) electrons. The lowest BCUT2D eigenvalue weighted by atomic mass is 9.97. The van der Waals surface area contributed by atoms with E-state index in [0.29, 0.717) is 27.2 Å². The molecule has 0 fully saturated rings. The van der Waals surface area contributed by atoms with Crippen molar-refractivity contribution in [3.8, 4) is 11.8 Å². The summed E-state index contributed by atoms with van der Waals surface area (Å²) in [5.74, 6) is -0.157. The van der Waals surface area contributed by atoms with Gasteiger partial charge in [-0.15, -0.1) is 11.3 Å². The fraction of sp³-hybridized carbons (Fsp3) is 0.217. The standard InChI is InChI=1S/C23H17ClFN5OS/c1-12-17(20(24)30(29-12)15-8-6-14(25)7-9-15)10-13(11-26)21-27-22(31)19-16-4-2-3-5-18(16)32-23(19)28-21/h6-10H,2-5H2,1H3,(H,27,28,31)/b13-10+. The number of halogens is 2. The summed E-state index contributed by atoms with van der Waals surface area (Å²) >= 11 is 8.08. The molecule has 0 saturated carbocycles. The number of benzene rings is 1. The van der Waals surface area contributed by atoms with Gasteiger partial charge in [0, 0.05) is 10.4 Å². The monoisotopic (exact) mass is 465 g/mol. The van der Waals surface area contributed by atoms with Crippen LogP contribution in [0.5, 0.6) is 0 Å². The number of hydrogen-bond acceptors (Lipinski definition) is 5. The van der Waals surface area contributed by atoms with E-state index in [1.807, 2.05) is 0 Å². The summed E-state index contributed by atoms with van der Waals surface area (Å²) < 4.78 is 14.7. The fourth-order valence-corrected chi connectivity index (χ4v) is 5.61. The number of aromatic amines is 1. The zero-order valence-electron chi connectivity index (χ0n) is 17.1. The molecule has 4 aromatic rings. The van der Waals surface area contributed by atoms with E-state index in [2.05, 4.69) is 21.1 Å². The van der Waals surface area contributed by atoms with E-state index < -0.39 is 0 Å². The van der Waals surface area contributed by atoms with Gasteiger partial charge in [-0.3, -0.25) is 4.79 Å². The molecular weight excluding hydrogens is 449 g/mol. The van der Waals surface area contributed by atoms with Gasteiger partial charge in [-0.2, -0.15) is 10.4 Å². The zero-order chi connectivity index (χ0) is 22.4. The van der Waals surface area contributed by atoms with Crippen LogP contribution in [0.2, 0.25) is 5.15 Å². The van der Waals surface area contributed by atoms with Crippen LogP contribution in [0.3, 0.4) is 0 Å². The summed E-state index contributed by atoms with van der Waals surface area (Å²) in [7, 11) is 0. The lowest BCUT2D eigenvalue weighted by molar-refractivity contribution is 0.627. The highest BCUT2D eigenvalue weighted by molar-refractivity contribution is 7.18. The minimum atomic E-state index is -0.360. The highest BCUT2D eigenvalue weighted by atomic mass is 35.5. The SMILES string of the molecule is Cc1nn(-c2ccc(F)cc2)c(Cl)c1/C=C(\C#N)c1nc2sc3c(c2c(=O)[nH]1)CCCC3. The van der Waals surface area contributed by atoms with Crippen LogP contribution in [0.25, 0.3) is 27.6 Å². The van der Waals surface area contributed by atoms with E-state index in [4.69, 9.17) is 11.6 Å². The maximum atomic E-state index is 13.3. The predicted molar refractivity (Wildman–Crippen MR) is 124 cm³/mol. The summed E-state index contributed by atoms with van der Waals surface area (Å²) in [6, 6.07) is 7.90. The minimum Gasteiger partial charge on any atom is -0.305 e. The molecule has 0 atom stereocenters. The number of thiophene rings is 1. The maximum absolute atomic E-state index is 13.3. The van der Waals surface area contributed by atoms with Crippen molar-refractivity contribution in [3.63, 3.8) is 0 Å². The van der Waals surface area contributed by atoms with E-state index in [9.17, 15) is 14.4 Å². The van der Waals surface area contributed by atoms with Gasteiger partial charge in [-0.05, 0) is 68.5 Å². The molecule has 0 unspecified atom stereocenters. The Morgan fingerprint density at radius 2 is 2.06 bits per heavy atom. The van der Waals surface area contributed by atoms with Gasteiger partial charge in [0.15, 0.2) is 5.82 Å². The van der Waals surface area contributed by atoms with Crippen LogP contribution in [0.1, 0.15) is 40.4 Å². The van der Waals surface area contributed by atoms with Gasteiger partial charge in [0.05, 0.1) is 22.3 Å². The van der Waals surface area contributed by atoms with Gasteiger partial charge in [-0.25, -0.2) is 14.1 Å². The molecule has 1 aromatic carbocycles. The van der Waals surface area contributed by atoms with Crippen molar-refractivity contribution in [2.75, 3.05) is 0 Å². The molecule has 1 N–H and O–H groups in total. The quantitative estimate of drug-likeness (QED) is 0.420. The van der Waals surface area contributed by atoms with Crippen molar-refractivity contribution < 1.29 is 4.39 Å². The van der Waals surface area contributed by atoms with Crippen molar-refractivity contribution in [2.45, 2.75) is 32.6 Å². The lowest BCUT2D eigenvalue weighted by Gasteiger charge is -2.09. The molecule has 5 rings (SSSR count). The average molecular weight is 466 g/mol. The molecule has 0 aliphatic heterocycles. The molecule has 3 heterocycles. The van der Waals surface area contributed by atoms with Crippen molar-refractivity contribution in [1.29, 1.82) is 5.26 Å². The average Bonchev–Trinajstić information content (AvgIpc) is 3.30. The first-order valence-corrected chi connectivity index (χ1v) is 11.3. The molecular formula is C23H17ClFN5OS. The van der Waals surface area contributed by atoms with Crippen LogP contribution in [-0.2, 0) is 12.8 Å². The van der Waals surface area contributed by atoms with Gasteiger partial charge >= 0.3 is 0 Å². The Morgan fingerprint density at radius 1 is 1.31 bits per heavy atom. The van der Waals surface area contributed by atoms with Gasteiger partial charge in [0.1, 0.15) is 21.9 Å². The molecule has 9 heteroatoms. The molecule has 3 aromatic heterocycles. The number of nitrogens with zero attached hydrogens (tertiary/aromatic N) is 4.